The lowest BCUT2D eigenvalue weighted by Crippen LogP contribution is -1.92. The Kier molecular flexibility index (Phi) is 1.67. The molecule has 0 saturated heterocycles. The first-order chi connectivity index (χ1) is 8.84. The van der Waals surface area contributed by atoms with Gasteiger partial charge in [-0.1, -0.05) is 47.3 Å². The average Bonchev–Trinajstić information content (AvgIpc) is 2.80. The molecule has 0 amide bonds. The van der Waals surface area contributed by atoms with Crippen molar-refractivity contribution in [3.63, 3.8) is 0 Å². The molecule has 1 aromatic heterocycles. The maximum absolute atomic E-state index is 9.81. The smallest absolute Gasteiger partial charge is 0.139 e. The van der Waals surface area contributed by atoms with Crippen LogP contribution in [0.15, 0.2) is 48.5 Å². The molecule has 86 valence electrons. The van der Waals surface area contributed by atoms with Crippen LogP contribution in [0.2, 0.25) is 0 Å². The van der Waals surface area contributed by atoms with Crippen LogP contribution >= 0.6 is 0 Å². The molecule has 0 spiro atoms. The van der Waals surface area contributed by atoms with Crippen molar-refractivity contribution in [1.29, 1.82) is 0 Å². The Morgan fingerprint density at radius 3 is 2.61 bits per heavy atom. The molecule has 4 aromatic rings. The second-order valence-electron chi connectivity index (χ2n) is 4.30. The Morgan fingerprint density at radius 1 is 0.889 bits per heavy atom. The maximum atomic E-state index is 9.81. The van der Waals surface area contributed by atoms with E-state index in [0.29, 0.717) is 11.0 Å². The van der Waals surface area contributed by atoms with Crippen LogP contribution in [-0.2, 0) is 0 Å². The molecular formula is C14H9N3O. The van der Waals surface area contributed by atoms with Gasteiger partial charge in [-0.25, -0.2) is 0 Å². The molecule has 18 heavy (non-hydrogen) atoms. The predicted molar refractivity (Wildman–Crippen MR) is 69.7 cm³/mol. The van der Waals surface area contributed by atoms with Gasteiger partial charge in [0.25, 0.3) is 0 Å². The van der Waals surface area contributed by atoms with Gasteiger partial charge in [-0.15, -0.1) is 5.10 Å². The van der Waals surface area contributed by atoms with E-state index in [1.807, 2.05) is 36.4 Å². The zero-order chi connectivity index (χ0) is 12.1. The Balaban J connectivity index is 2.41. The molecule has 4 rings (SSSR count). The Hall–Kier alpha value is -2.62. The van der Waals surface area contributed by atoms with Crippen LogP contribution in [0.25, 0.3) is 32.6 Å². The van der Waals surface area contributed by atoms with E-state index in [1.54, 1.807) is 0 Å². The molecule has 0 fully saturated rings. The first-order valence-electron chi connectivity index (χ1n) is 5.70. The summed E-state index contributed by atoms with van der Waals surface area (Å²) >= 11 is 0. The number of hydrogen-bond donors (Lipinski definition) is 1. The minimum atomic E-state index is 0.657. The number of aromatic nitrogens is 3. The molecule has 0 aliphatic carbocycles. The molecule has 0 radical (unpaired) electrons. The molecule has 0 aliphatic heterocycles. The highest BCUT2D eigenvalue weighted by Gasteiger charge is 2.10. The van der Waals surface area contributed by atoms with Gasteiger partial charge in [-0.3, -0.25) is 0 Å². The quantitative estimate of drug-likeness (QED) is 0.376. The van der Waals surface area contributed by atoms with Gasteiger partial charge < -0.3 is 5.21 Å². The van der Waals surface area contributed by atoms with Crippen LogP contribution in [0, 0.1) is 0 Å². The van der Waals surface area contributed by atoms with Gasteiger partial charge >= 0.3 is 0 Å². The van der Waals surface area contributed by atoms with Crippen molar-refractivity contribution in [1.82, 2.24) is 15.2 Å². The summed E-state index contributed by atoms with van der Waals surface area (Å²) in [7, 11) is 0. The molecule has 0 atom stereocenters. The standard InChI is InChI=1S/C14H9N3O/c18-17-14-12(15-16-17)8-7-10-6-5-9-3-1-2-4-11(9)13(10)14/h1-8,18H. The number of fused-ring (bicyclic) bond motifs is 5. The van der Waals surface area contributed by atoms with E-state index in [4.69, 9.17) is 0 Å². The molecule has 0 aliphatic rings. The maximum Gasteiger partial charge on any atom is 0.139 e. The van der Waals surface area contributed by atoms with E-state index in [2.05, 4.69) is 22.4 Å². The first-order valence-corrected chi connectivity index (χ1v) is 5.70. The van der Waals surface area contributed by atoms with Gasteiger partial charge in [-0.05, 0) is 27.4 Å². The predicted octanol–water partition coefficient (Wildman–Crippen LogP) is 2.98. The summed E-state index contributed by atoms with van der Waals surface area (Å²) in [5.74, 6) is 0. The summed E-state index contributed by atoms with van der Waals surface area (Å²) in [5, 5.41) is 21.7. The highest BCUT2D eigenvalue weighted by molar-refractivity contribution is 6.18. The summed E-state index contributed by atoms with van der Waals surface area (Å²) < 4.78 is 0. The van der Waals surface area contributed by atoms with Crippen LogP contribution in [0.4, 0.5) is 0 Å². The van der Waals surface area contributed by atoms with Gasteiger partial charge in [0, 0.05) is 5.39 Å². The Bertz CT molecular complexity index is 895. The van der Waals surface area contributed by atoms with Crippen LogP contribution in [-0.4, -0.2) is 20.4 Å². The van der Waals surface area contributed by atoms with Crippen molar-refractivity contribution < 1.29 is 5.21 Å². The topological polar surface area (TPSA) is 50.9 Å². The van der Waals surface area contributed by atoms with Crippen LogP contribution in [0.3, 0.4) is 0 Å². The summed E-state index contributed by atoms with van der Waals surface area (Å²) in [6, 6.07) is 16.1. The zero-order valence-corrected chi connectivity index (χ0v) is 9.41. The van der Waals surface area contributed by atoms with Crippen molar-refractivity contribution in [3.05, 3.63) is 48.5 Å². The second kappa shape index (κ2) is 3.20. The molecule has 3 aromatic carbocycles. The fraction of sp³-hybridized carbons (Fsp3) is 0. The van der Waals surface area contributed by atoms with Gasteiger partial charge in [0.05, 0.1) is 0 Å². The number of nitrogens with zero attached hydrogens (tertiary/aromatic N) is 3. The van der Waals surface area contributed by atoms with Crippen LogP contribution in [0.5, 0.6) is 0 Å². The fourth-order valence-electron chi connectivity index (χ4n) is 2.49. The average molecular weight is 235 g/mol. The molecule has 1 N–H and O–H groups in total. The van der Waals surface area contributed by atoms with Gasteiger partial charge in [0.2, 0.25) is 0 Å². The van der Waals surface area contributed by atoms with Crippen LogP contribution < -0.4 is 0 Å². The monoisotopic (exact) mass is 235 g/mol. The molecule has 1 heterocycles. The minimum absolute atomic E-state index is 0.657. The molecule has 0 saturated carbocycles. The third kappa shape index (κ3) is 1.09. The second-order valence-corrected chi connectivity index (χ2v) is 4.30. The van der Waals surface area contributed by atoms with Crippen molar-refractivity contribution in [2.45, 2.75) is 0 Å². The number of hydrogen-bond acceptors (Lipinski definition) is 3. The summed E-state index contributed by atoms with van der Waals surface area (Å²) in [6.45, 7) is 0. The van der Waals surface area contributed by atoms with E-state index in [9.17, 15) is 5.21 Å². The summed E-state index contributed by atoms with van der Waals surface area (Å²) in [6.07, 6.45) is 0. The van der Waals surface area contributed by atoms with Crippen molar-refractivity contribution in [2.75, 3.05) is 0 Å². The van der Waals surface area contributed by atoms with E-state index >= 15 is 0 Å². The highest BCUT2D eigenvalue weighted by atomic mass is 16.5. The Morgan fingerprint density at radius 2 is 1.67 bits per heavy atom. The SMILES string of the molecule is On1nnc2ccc3ccc4ccccc4c3c21. The lowest BCUT2D eigenvalue weighted by atomic mass is 10.0. The van der Waals surface area contributed by atoms with Crippen molar-refractivity contribution >= 4 is 32.6 Å². The van der Waals surface area contributed by atoms with E-state index in [0.717, 1.165) is 26.4 Å². The molecule has 0 bridgehead atoms. The first kappa shape index (κ1) is 9.41. The minimum Gasteiger partial charge on any atom is -0.410 e. The van der Waals surface area contributed by atoms with Crippen molar-refractivity contribution in [2.24, 2.45) is 0 Å². The summed E-state index contributed by atoms with van der Waals surface area (Å²) in [4.78, 5) is 0.851. The molecular weight excluding hydrogens is 226 g/mol. The normalized spacial score (nSPS) is 11.6. The number of rotatable bonds is 0. The Labute approximate surface area is 102 Å². The molecule has 0 unspecified atom stereocenters. The third-order valence-corrected chi connectivity index (χ3v) is 3.30. The zero-order valence-electron chi connectivity index (χ0n) is 9.41. The van der Waals surface area contributed by atoms with Gasteiger partial charge in [0.15, 0.2) is 0 Å². The van der Waals surface area contributed by atoms with Gasteiger partial charge in [0.1, 0.15) is 11.0 Å². The highest BCUT2D eigenvalue weighted by Crippen LogP contribution is 2.30. The lowest BCUT2D eigenvalue weighted by Gasteiger charge is -2.04. The molecule has 4 nitrogen and oxygen atoms in total. The van der Waals surface area contributed by atoms with Crippen molar-refractivity contribution in [3.8, 4) is 0 Å². The van der Waals surface area contributed by atoms with E-state index < -0.39 is 0 Å². The fourth-order valence-corrected chi connectivity index (χ4v) is 2.49. The van der Waals surface area contributed by atoms with E-state index in [-0.39, 0.29) is 0 Å². The summed E-state index contributed by atoms with van der Waals surface area (Å²) in [5.41, 5.74) is 1.35. The van der Waals surface area contributed by atoms with Crippen LogP contribution in [0.1, 0.15) is 0 Å². The number of benzene rings is 3. The largest absolute Gasteiger partial charge is 0.410 e. The van der Waals surface area contributed by atoms with Gasteiger partial charge in [-0.2, -0.15) is 0 Å². The van der Waals surface area contributed by atoms with E-state index in [1.165, 1.54) is 0 Å². The molecule has 4 heteroatoms. The third-order valence-electron chi connectivity index (χ3n) is 3.30. The lowest BCUT2D eigenvalue weighted by molar-refractivity contribution is 0.155.